The molecule has 118 valence electrons. The molecule has 22 heavy (non-hydrogen) atoms. The van der Waals surface area contributed by atoms with Crippen LogP contribution in [0.15, 0.2) is 49.1 Å². The summed E-state index contributed by atoms with van der Waals surface area (Å²) in [6.45, 7) is 4.55. The number of urea groups is 1. The number of carbonyl (C=O) groups is 1. The van der Waals surface area contributed by atoms with E-state index in [0.717, 1.165) is 17.7 Å². The summed E-state index contributed by atoms with van der Waals surface area (Å²) in [7, 11) is 0. The Bertz CT molecular complexity index is 542. The highest BCUT2D eigenvalue weighted by Gasteiger charge is 2.19. The van der Waals surface area contributed by atoms with E-state index in [4.69, 9.17) is 9.84 Å². The summed E-state index contributed by atoms with van der Waals surface area (Å²) in [5.41, 5.74) is 0.912. The zero-order valence-corrected chi connectivity index (χ0v) is 12.5. The number of para-hydroxylation sites is 1. The molecule has 1 aliphatic rings. The SMILES string of the molecule is C=CCOc1ccccc1CNC(=O)N[C@@H]1C=C[C@H](CO)C1. The quantitative estimate of drug-likeness (QED) is 0.675. The molecule has 2 atom stereocenters. The first-order valence-corrected chi connectivity index (χ1v) is 7.38. The first-order valence-electron chi connectivity index (χ1n) is 7.38. The second-order valence-corrected chi connectivity index (χ2v) is 5.20. The van der Waals surface area contributed by atoms with Crippen molar-refractivity contribution in [1.82, 2.24) is 10.6 Å². The monoisotopic (exact) mass is 302 g/mol. The number of hydrogen-bond acceptors (Lipinski definition) is 3. The second-order valence-electron chi connectivity index (χ2n) is 5.20. The molecule has 0 aromatic heterocycles. The van der Waals surface area contributed by atoms with Crippen molar-refractivity contribution < 1.29 is 14.6 Å². The van der Waals surface area contributed by atoms with Gasteiger partial charge in [-0.15, -0.1) is 0 Å². The molecule has 0 aliphatic heterocycles. The molecule has 3 N–H and O–H groups in total. The Labute approximate surface area is 130 Å². The normalized spacial score (nSPS) is 19.7. The lowest BCUT2D eigenvalue weighted by Gasteiger charge is -2.15. The molecule has 0 saturated heterocycles. The van der Waals surface area contributed by atoms with E-state index in [1.54, 1.807) is 6.08 Å². The van der Waals surface area contributed by atoms with Gasteiger partial charge >= 0.3 is 6.03 Å². The van der Waals surface area contributed by atoms with Gasteiger partial charge in [-0.3, -0.25) is 0 Å². The van der Waals surface area contributed by atoms with Gasteiger partial charge in [0.05, 0.1) is 0 Å². The van der Waals surface area contributed by atoms with E-state index in [9.17, 15) is 4.79 Å². The number of nitrogens with one attached hydrogen (secondary N) is 2. The van der Waals surface area contributed by atoms with Gasteiger partial charge in [0.25, 0.3) is 0 Å². The molecule has 0 saturated carbocycles. The standard InChI is InChI=1S/C17H22N2O3/c1-2-9-22-16-6-4-3-5-14(16)11-18-17(21)19-15-8-7-13(10-15)12-20/h2-8,13,15,20H,1,9-12H2,(H2,18,19,21)/t13-,15+/m0/s1. The van der Waals surface area contributed by atoms with Crippen LogP contribution in [0.1, 0.15) is 12.0 Å². The van der Waals surface area contributed by atoms with Crippen LogP contribution < -0.4 is 15.4 Å². The third-order valence-corrected chi connectivity index (χ3v) is 3.49. The highest BCUT2D eigenvalue weighted by atomic mass is 16.5. The van der Waals surface area contributed by atoms with Gasteiger partial charge in [-0.25, -0.2) is 4.79 Å². The number of aliphatic hydroxyl groups excluding tert-OH is 1. The zero-order chi connectivity index (χ0) is 15.8. The summed E-state index contributed by atoms with van der Waals surface area (Å²) in [4.78, 5) is 11.9. The Morgan fingerprint density at radius 1 is 1.41 bits per heavy atom. The van der Waals surface area contributed by atoms with Crippen molar-refractivity contribution in [3.05, 3.63) is 54.6 Å². The average Bonchev–Trinajstić information content (AvgIpc) is 2.99. The van der Waals surface area contributed by atoms with Crippen molar-refractivity contribution in [2.45, 2.75) is 19.0 Å². The van der Waals surface area contributed by atoms with Crippen molar-refractivity contribution >= 4 is 6.03 Å². The highest BCUT2D eigenvalue weighted by molar-refractivity contribution is 5.74. The van der Waals surface area contributed by atoms with Crippen LogP contribution in [0.3, 0.4) is 0 Å². The number of amides is 2. The third-order valence-electron chi connectivity index (χ3n) is 3.49. The maximum absolute atomic E-state index is 11.9. The van der Waals surface area contributed by atoms with E-state index in [1.807, 2.05) is 36.4 Å². The predicted octanol–water partition coefficient (Wildman–Crippen LogP) is 1.99. The van der Waals surface area contributed by atoms with Crippen molar-refractivity contribution in [3.8, 4) is 5.75 Å². The lowest BCUT2D eigenvalue weighted by atomic mass is 10.1. The lowest BCUT2D eigenvalue weighted by Crippen LogP contribution is -2.40. The number of hydrogen-bond donors (Lipinski definition) is 3. The lowest BCUT2D eigenvalue weighted by molar-refractivity contribution is 0.231. The van der Waals surface area contributed by atoms with E-state index in [1.165, 1.54) is 0 Å². The van der Waals surface area contributed by atoms with Crippen LogP contribution in [0.4, 0.5) is 4.79 Å². The summed E-state index contributed by atoms with van der Waals surface area (Å²) in [5, 5.41) is 14.8. The van der Waals surface area contributed by atoms with Gasteiger partial charge in [0, 0.05) is 30.7 Å². The number of benzene rings is 1. The van der Waals surface area contributed by atoms with Crippen LogP contribution in [0.5, 0.6) is 5.75 Å². The van der Waals surface area contributed by atoms with Crippen molar-refractivity contribution in [2.24, 2.45) is 5.92 Å². The molecule has 1 aromatic carbocycles. The largest absolute Gasteiger partial charge is 0.489 e. The maximum atomic E-state index is 11.9. The molecule has 1 aromatic rings. The molecule has 0 fully saturated rings. The Morgan fingerprint density at radius 2 is 2.23 bits per heavy atom. The van der Waals surface area contributed by atoms with Gasteiger partial charge in [-0.2, -0.15) is 0 Å². The number of carbonyl (C=O) groups excluding carboxylic acids is 1. The van der Waals surface area contributed by atoms with E-state index < -0.39 is 0 Å². The summed E-state index contributed by atoms with van der Waals surface area (Å²) >= 11 is 0. The zero-order valence-electron chi connectivity index (χ0n) is 12.5. The fourth-order valence-electron chi connectivity index (χ4n) is 2.35. The Kier molecular flexibility index (Phi) is 6.03. The summed E-state index contributed by atoms with van der Waals surface area (Å²) < 4.78 is 5.55. The van der Waals surface area contributed by atoms with Gasteiger partial charge in [0.2, 0.25) is 0 Å². The molecule has 5 nitrogen and oxygen atoms in total. The number of ether oxygens (including phenoxy) is 1. The van der Waals surface area contributed by atoms with E-state index in [-0.39, 0.29) is 24.6 Å². The van der Waals surface area contributed by atoms with Crippen LogP contribution in [0.25, 0.3) is 0 Å². The number of aliphatic hydroxyl groups is 1. The van der Waals surface area contributed by atoms with Crippen molar-refractivity contribution in [3.63, 3.8) is 0 Å². The minimum atomic E-state index is -0.230. The van der Waals surface area contributed by atoms with E-state index in [2.05, 4.69) is 17.2 Å². The van der Waals surface area contributed by atoms with Crippen LogP contribution in [-0.2, 0) is 6.54 Å². The summed E-state index contributed by atoms with van der Waals surface area (Å²) in [5.74, 6) is 0.877. The van der Waals surface area contributed by atoms with E-state index >= 15 is 0 Å². The predicted molar refractivity (Wildman–Crippen MR) is 85.6 cm³/mol. The minimum absolute atomic E-state index is 0.0237. The van der Waals surface area contributed by atoms with Gasteiger partial charge < -0.3 is 20.5 Å². The first kappa shape index (κ1) is 16.1. The third kappa shape index (κ3) is 4.63. The maximum Gasteiger partial charge on any atom is 0.315 e. The molecule has 2 rings (SSSR count). The van der Waals surface area contributed by atoms with Crippen LogP contribution >= 0.6 is 0 Å². The number of rotatable bonds is 7. The molecule has 0 bridgehead atoms. The molecule has 1 aliphatic carbocycles. The molecular weight excluding hydrogens is 280 g/mol. The topological polar surface area (TPSA) is 70.6 Å². The van der Waals surface area contributed by atoms with Gasteiger partial charge in [-0.1, -0.05) is 43.0 Å². The Balaban J connectivity index is 1.81. The Morgan fingerprint density at radius 3 is 2.95 bits per heavy atom. The molecule has 2 amide bonds. The van der Waals surface area contributed by atoms with Crippen LogP contribution in [0, 0.1) is 5.92 Å². The smallest absolute Gasteiger partial charge is 0.315 e. The second kappa shape index (κ2) is 8.24. The fourth-order valence-corrected chi connectivity index (χ4v) is 2.35. The van der Waals surface area contributed by atoms with Gasteiger partial charge in [0.15, 0.2) is 0 Å². The highest BCUT2D eigenvalue weighted by Crippen LogP contribution is 2.18. The van der Waals surface area contributed by atoms with Gasteiger partial charge in [0.1, 0.15) is 12.4 Å². The molecule has 0 heterocycles. The average molecular weight is 302 g/mol. The summed E-state index contributed by atoms with van der Waals surface area (Å²) in [6, 6.07) is 7.32. The first-order chi connectivity index (χ1) is 10.7. The Hall–Kier alpha value is -2.27. The molecule has 0 unspecified atom stereocenters. The van der Waals surface area contributed by atoms with Crippen molar-refractivity contribution in [1.29, 1.82) is 0 Å². The molecule has 0 spiro atoms. The minimum Gasteiger partial charge on any atom is -0.489 e. The molecule has 0 radical (unpaired) electrons. The van der Waals surface area contributed by atoms with Crippen LogP contribution in [0.2, 0.25) is 0 Å². The molecular formula is C17H22N2O3. The van der Waals surface area contributed by atoms with Crippen molar-refractivity contribution in [2.75, 3.05) is 13.2 Å². The van der Waals surface area contributed by atoms with E-state index in [0.29, 0.717) is 13.2 Å². The summed E-state index contributed by atoms with van der Waals surface area (Å²) in [6.07, 6.45) is 6.27. The molecule has 5 heteroatoms. The van der Waals surface area contributed by atoms with Gasteiger partial charge in [-0.05, 0) is 12.5 Å². The van der Waals surface area contributed by atoms with Crippen LogP contribution in [-0.4, -0.2) is 30.4 Å². The fraction of sp³-hybridized carbons (Fsp3) is 0.353.